The summed E-state index contributed by atoms with van der Waals surface area (Å²) in [4.78, 5) is 5.26. The van der Waals surface area contributed by atoms with Crippen molar-refractivity contribution < 1.29 is 9.84 Å². The molecular formula is C28H30Cl2N2O2. The lowest BCUT2D eigenvalue weighted by Crippen LogP contribution is -2.50. The third-order valence-corrected chi connectivity index (χ3v) is 7.25. The predicted molar refractivity (Wildman–Crippen MR) is 140 cm³/mol. The minimum Gasteiger partial charge on any atom is -0.493 e. The Kier molecular flexibility index (Phi) is 6.45. The molecule has 34 heavy (non-hydrogen) atoms. The highest BCUT2D eigenvalue weighted by molar-refractivity contribution is 6.30. The van der Waals surface area contributed by atoms with E-state index < -0.39 is 16.7 Å². The second-order valence-electron chi connectivity index (χ2n) is 9.50. The Morgan fingerprint density at radius 3 is 2.00 bits per heavy atom. The number of aliphatic hydroxyl groups is 1. The van der Waals surface area contributed by atoms with E-state index in [-0.39, 0.29) is 0 Å². The highest BCUT2D eigenvalue weighted by atomic mass is 35.5. The topological polar surface area (TPSA) is 53.9 Å². The van der Waals surface area contributed by atoms with Gasteiger partial charge in [0.25, 0.3) is 0 Å². The Bertz CT molecular complexity index is 1220. The van der Waals surface area contributed by atoms with Crippen molar-refractivity contribution in [2.75, 3.05) is 6.61 Å². The lowest BCUT2D eigenvalue weighted by molar-refractivity contribution is 0.0782. The van der Waals surface area contributed by atoms with Gasteiger partial charge in [-0.15, -0.1) is 0 Å². The molecule has 0 fully saturated rings. The fourth-order valence-corrected chi connectivity index (χ4v) is 4.74. The maximum atomic E-state index is 10.5. The maximum absolute atomic E-state index is 10.5. The molecule has 0 aliphatic carbocycles. The van der Waals surface area contributed by atoms with E-state index in [1.807, 2.05) is 73.7 Å². The van der Waals surface area contributed by atoms with Crippen molar-refractivity contribution in [1.29, 1.82) is 0 Å². The van der Waals surface area contributed by atoms with Crippen LogP contribution in [0.1, 0.15) is 56.9 Å². The van der Waals surface area contributed by atoms with Gasteiger partial charge in [-0.25, -0.2) is 0 Å². The Labute approximate surface area is 211 Å². The number of ether oxygens (including phenoxy) is 1. The molecule has 0 saturated heterocycles. The number of hydrogen-bond donors (Lipinski definition) is 2. The summed E-state index contributed by atoms with van der Waals surface area (Å²) in [6.07, 6.45) is 0. The molecule has 2 atom stereocenters. The fourth-order valence-electron chi connectivity index (χ4n) is 4.49. The number of nitrogens with zero attached hydrogens (tertiary/aromatic N) is 1. The van der Waals surface area contributed by atoms with Crippen LogP contribution in [0.15, 0.2) is 71.7 Å². The first-order valence-electron chi connectivity index (χ1n) is 11.4. The van der Waals surface area contributed by atoms with E-state index in [4.69, 9.17) is 32.9 Å². The van der Waals surface area contributed by atoms with E-state index in [9.17, 15) is 5.11 Å². The SMILES string of the molecule is CCOc1cc(C(C)(C)O)ccc1C1=N[C@@](C)(c2ccc(Cl)cc2)[C@@](C)(c2ccc(Cl)cc2)N1. The first-order valence-corrected chi connectivity index (χ1v) is 12.1. The van der Waals surface area contributed by atoms with Crippen LogP contribution < -0.4 is 10.1 Å². The van der Waals surface area contributed by atoms with Gasteiger partial charge in [0.05, 0.1) is 23.3 Å². The average Bonchev–Trinajstić information content (AvgIpc) is 3.06. The zero-order valence-corrected chi connectivity index (χ0v) is 21.6. The molecule has 1 heterocycles. The zero-order chi connectivity index (χ0) is 24.7. The minimum absolute atomic E-state index is 0.499. The van der Waals surface area contributed by atoms with Crippen LogP contribution in [-0.2, 0) is 16.7 Å². The first kappa shape index (κ1) is 24.6. The summed E-state index contributed by atoms with van der Waals surface area (Å²) in [5, 5.41) is 15.6. The maximum Gasteiger partial charge on any atom is 0.133 e. The highest BCUT2D eigenvalue weighted by Gasteiger charge is 2.52. The van der Waals surface area contributed by atoms with Crippen molar-refractivity contribution in [2.24, 2.45) is 4.99 Å². The van der Waals surface area contributed by atoms with Crippen LogP contribution in [0.5, 0.6) is 5.75 Å². The van der Waals surface area contributed by atoms with Gasteiger partial charge in [0.2, 0.25) is 0 Å². The number of hydrogen-bond acceptors (Lipinski definition) is 4. The third-order valence-electron chi connectivity index (χ3n) is 6.75. The number of rotatable bonds is 6. The molecule has 0 bridgehead atoms. The van der Waals surface area contributed by atoms with E-state index in [0.717, 1.165) is 28.1 Å². The van der Waals surface area contributed by atoms with Gasteiger partial charge in [0.1, 0.15) is 17.1 Å². The molecule has 3 aromatic carbocycles. The molecule has 178 valence electrons. The van der Waals surface area contributed by atoms with Gasteiger partial charge in [0, 0.05) is 10.0 Å². The van der Waals surface area contributed by atoms with Crippen LogP contribution in [-0.4, -0.2) is 17.5 Å². The van der Waals surface area contributed by atoms with Gasteiger partial charge in [-0.3, -0.25) is 4.99 Å². The molecule has 1 aliphatic rings. The molecular weight excluding hydrogens is 467 g/mol. The van der Waals surface area contributed by atoms with Crippen LogP contribution in [0.25, 0.3) is 0 Å². The van der Waals surface area contributed by atoms with Crippen molar-refractivity contribution in [3.05, 3.63) is 99.0 Å². The van der Waals surface area contributed by atoms with E-state index in [1.165, 1.54) is 0 Å². The first-order chi connectivity index (χ1) is 16.0. The second kappa shape index (κ2) is 8.92. The summed E-state index contributed by atoms with van der Waals surface area (Å²) >= 11 is 12.4. The van der Waals surface area contributed by atoms with Crippen LogP contribution in [0, 0.1) is 0 Å². The molecule has 0 amide bonds. The van der Waals surface area contributed by atoms with Gasteiger partial charge in [-0.1, -0.05) is 53.5 Å². The van der Waals surface area contributed by atoms with Crippen molar-refractivity contribution in [2.45, 2.75) is 51.3 Å². The molecule has 4 rings (SSSR count). The van der Waals surface area contributed by atoms with Gasteiger partial charge < -0.3 is 15.2 Å². The molecule has 3 aromatic rings. The largest absolute Gasteiger partial charge is 0.493 e. The molecule has 0 unspecified atom stereocenters. The lowest BCUT2D eigenvalue weighted by Gasteiger charge is -2.40. The second-order valence-corrected chi connectivity index (χ2v) is 10.4. The molecule has 0 spiro atoms. The van der Waals surface area contributed by atoms with E-state index in [2.05, 4.69) is 19.2 Å². The minimum atomic E-state index is -0.981. The van der Waals surface area contributed by atoms with Gasteiger partial charge in [0.15, 0.2) is 0 Å². The summed E-state index contributed by atoms with van der Waals surface area (Å²) in [7, 11) is 0. The fraction of sp³-hybridized carbons (Fsp3) is 0.321. The molecule has 6 heteroatoms. The average molecular weight is 497 g/mol. The summed E-state index contributed by atoms with van der Waals surface area (Å²) in [5.74, 6) is 1.40. The predicted octanol–water partition coefficient (Wildman–Crippen LogP) is 6.80. The molecule has 0 aromatic heterocycles. The molecule has 4 nitrogen and oxygen atoms in total. The van der Waals surface area contributed by atoms with Gasteiger partial charge >= 0.3 is 0 Å². The summed E-state index contributed by atoms with van der Waals surface area (Å²) in [5.41, 5.74) is 1.48. The Morgan fingerprint density at radius 1 is 0.912 bits per heavy atom. The van der Waals surface area contributed by atoms with E-state index >= 15 is 0 Å². The van der Waals surface area contributed by atoms with Crippen LogP contribution in [0.4, 0.5) is 0 Å². The molecule has 0 radical (unpaired) electrons. The number of amidine groups is 1. The summed E-state index contributed by atoms with van der Waals surface area (Å²) in [6, 6.07) is 21.4. The number of benzene rings is 3. The van der Waals surface area contributed by atoms with Crippen LogP contribution >= 0.6 is 23.2 Å². The number of aliphatic imine (C=N–C) groups is 1. The van der Waals surface area contributed by atoms with Crippen molar-refractivity contribution in [1.82, 2.24) is 5.32 Å². The molecule has 0 saturated carbocycles. The van der Waals surface area contributed by atoms with Crippen molar-refractivity contribution >= 4 is 29.0 Å². The summed E-state index contributed by atoms with van der Waals surface area (Å²) < 4.78 is 6.00. The Morgan fingerprint density at radius 2 is 1.47 bits per heavy atom. The lowest BCUT2D eigenvalue weighted by atomic mass is 9.72. The van der Waals surface area contributed by atoms with E-state index in [1.54, 1.807) is 13.8 Å². The standard InChI is InChI=1S/C28H30Cl2N2O2/c1-6-34-24-17-20(26(2,3)33)11-16-23(24)25-31-27(4,18-7-12-21(29)13-8-18)28(5,32-25)19-9-14-22(30)15-10-19/h7-17,33H,6H2,1-5H3,(H,31,32)/t27-,28+. The van der Waals surface area contributed by atoms with Crippen molar-refractivity contribution in [3.63, 3.8) is 0 Å². The number of nitrogens with one attached hydrogen (secondary N) is 1. The van der Waals surface area contributed by atoms with Gasteiger partial charge in [-0.2, -0.15) is 0 Å². The molecule has 1 aliphatic heterocycles. The highest BCUT2D eigenvalue weighted by Crippen LogP contribution is 2.48. The summed E-state index contributed by atoms with van der Waals surface area (Å²) in [6.45, 7) is 10.2. The van der Waals surface area contributed by atoms with Crippen LogP contribution in [0.2, 0.25) is 10.0 Å². The molecule has 2 N–H and O–H groups in total. The quantitative estimate of drug-likeness (QED) is 0.394. The van der Waals surface area contributed by atoms with Crippen molar-refractivity contribution in [3.8, 4) is 5.75 Å². The zero-order valence-electron chi connectivity index (χ0n) is 20.1. The smallest absolute Gasteiger partial charge is 0.133 e. The number of halogens is 2. The van der Waals surface area contributed by atoms with Crippen LogP contribution in [0.3, 0.4) is 0 Å². The van der Waals surface area contributed by atoms with E-state index in [0.29, 0.717) is 22.4 Å². The normalized spacial score (nSPS) is 22.3. The Hall–Kier alpha value is -2.53. The Balaban J connectivity index is 1.90. The monoisotopic (exact) mass is 496 g/mol. The van der Waals surface area contributed by atoms with Gasteiger partial charge in [-0.05, 0) is 87.7 Å². The third kappa shape index (κ3) is 4.31.